The molecule has 0 saturated carbocycles. The van der Waals surface area contributed by atoms with Crippen LogP contribution in [0.4, 0.5) is 0 Å². The van der Waals surface area contributed by atoms with Crippen LogP contribution in [0.2, 0.25) is 0 Å². The molecular weight excluding hydrogens is 170 g/mol. The molecule has 1 aromatic rings. The number of rotatable bonds is 2. The minimum Gasteiger partial charge on any atom is -0.301 e. The van der Waals surface area contributed by atoms with Crippen LogP contribution in [0.3, 0.4) is 0 Å². The van der Waals surface area contributed by atoms with Gasteiger partial charge in [-0.2, -0.15) is 0 Å². The third kappa shape index (κ3) is 1.83. The Labute approximate surface area is 86.7 Å². The Morgan fingerprint density at radius 2 is 2.00 bits per heavy atom. The molecule has 0 bridgehead atoms. The summed E-state index contributed by atoms with van der Waals surface area (Å²) < 4.78 is 0. The van der Waals surface area contributed by atoms with Crippen LogP contribution < -0.4 is 0 Å². The number of benzene rings is 1. The van der Waals surface area contributed by atoms with E-state index in [1.807, 2.05) is 0 Å². The number of hydrogen-bond acceptors (Lipinski definition) is 1. The van der Waals surface area contributed by atoms with Crippen LogP contribution in [0, 0.1) is 0 Å². The third-order valence-corrected chi connectivity index (χ3v) is 3.56. The summed E-state index contributed by atoms with van der Waals surface area (Å²) >= 11 is 0. The lowest BCUT2D eigenvalue weighted by molar-refractivity contribution is 0.195. The Kier molecular flexibility index (Phi) is 2.60. The lowest BCUT2D eigenvalue weighted by Crippen LogP contribution is -2.40. The molecule has 1 atom stereocenters. The van der Waals surface area contributed by atoms with Crippen molar-refractivity contribution in [3.8, 4) is 0 Å². The summed E-state index contributed by atoms with van der Waals surface area (Å²) in [5.41, 5.74) is 1.85. The van der Waals surface area contributed by atoms with Gasteiger partial charge in [0.1, 0.15) is 0 Å². The molecule has 1 heterocycles. The van der Waals surface area contributed by atoms with E-state index >= 15 is 0 Å². The summed E-state index contributed by atoms with van der Waals surface area (Å²) in [5.74, 6) is 0. The standard InChI is InChI=1S/C13H19N/c1-13(9-6-10-14(13)2)11-12-7-4-3-5-8-12/h3-5,7-8H,6,9-11H2,1-2H3. The van der Waals surface area contributed by atoms with Crippen molar-refractivity contribution in [3.05, 3.63) is 35.9 Å². The van der Waals surface area contributed by atoms with Crippen molar-refractivity contribution in [2.45, 2.75) is 31.7 Å². The van der Waals surface area contributed by atoms with E-state index in [1.165, 1.54) is 31.4 Å². The van der Waals surface area contributed by atoms with E-state index in [1.54, 1.807) is 0 Å². The van der Waals surface area contributed by atoms with Crippen LogP contribution in [-0.2, 0) is 6.42 Å². The molecule has 0 aromatic heterocycles. The molecule has 1 aromatic carbocycles. The Balaban J connectivity index is 2.10. The van der Waals surface area contributed by atoms with Crippen LogP contribution in [0.25, 0.3) is 0 Å². The maximum atomic E-state index is 2.50. The first kappa shape index (κ1) is 9.72. The minimum absolute atomic E-state index is 0.390. The predicted molar refractivity (Wildman–Crippen MR) is 60.4 cm³/mol. The van der Waals surface area contributed by atoms with Gasteiger partial charge >= 0.3 is 0 Å². The second-order valence-corrected chi connectivity index (χ2v) is 4.68. The number of likely N-dealkylation sites (N-methyl/N-ethyl adjacent to an activating group) is 1. The topological polar surface area (TPSA) is 3.24 Å². The van der Waals surface area contributed by atoms with E-state index in [-0.39, 0.29) is 0 Å². The second kappa shape index (κ2) is 3.74. The highest BCUT2D eigenvalue weighted by Crippen LogP contribution is 2.30. The summed E-state index contributed by atoms with van der Waals surface area (Å²) in [6.45, 7) is 3.64. The number of likely N-dealkylation sites (tertiary alicyclic amines) is 1. The largest absolute Gasteiger partial charge is 0.301 e. The van der Waals surface area contributed by atoms with Gasteiger partial charge in [0, 0.05) is 5.54 Å². The molecule has 0 spiro atoms. The van der Waals surface area contributed by atoms with Crippen LogP contribution in [-0.4, -0.2) is 24.0 Å². The first-order valence-electron chi connectivity index (χ1n) is 5.46. The van der Waals surface area contributed by atoms with E-state index in [2.05, 4.69) is 49.2 Å². The summed E-state index contributed by atoms with van der Waals surface area (Å²) in [7, 11) is 2.25. The molecule has 76 valence electrons. The van der Waals surface area contributed by atoms with Crippen LogP contribution in [0.1, 0.15) is 25.3 Å². The molecule has 1 aliphatic rings. The van der Waals surface area contributed by atoms with Gasteiger partial charge in [0.15, 0.2) is 0 Å². The van der Waals surface area contributed by atoms with E-state index in [4.69, 9.17) is 0 Å². The molecule has 1 aliphatic heterocycles. The van der Waals surface area contributed by atoms with Crippen LogP contribution >= 0.6 is 0 Å². The van der Waals surface area contributed by atoms with Crippen LogP contribution in [0.15, 0.2) is 30.3 Å². The zero-order valence-electron chi connectivity index (χ0n) is 9.16. The Morgan fingerprint density at radius 3 is 2.57 bits per heavy atom. The molecule has 1 unspecified atom stereocenters. The minimum atomic E-state index is 0.390. The predicted octanol–water partition coefficient (Wildman–Crippen LogP) is 2.71. The number of hydrogen-bond donors (Lipinski definition) is 0. The first-order chi connectivity index (χ1) is 6.71. The Bertz CT molecular complexity index is 293. The molecule has 1 saturated heterocycles. The third-order valence-electron chi connectivity index (χ3n) is 3.56. The fraction of sp³-hybridized carbons (Fsp3) is 0.538. The van der Waals surface area contributed by atoms with Crippen molar-refractivity contribution in [2.24, 2.45) is 0 Å². The van der Waals surface area contributed by atoms with E-state index in [0.717, 1.165) is 0 Å². The van der Waals surface area contributed by atoms with Gasteiger partial charge < -0.3 is 4.90 Å². The number of nitrogens with zero attached hydrogens (tertiary/aromatic N) is 1. The maximum Gasteiger partial charge on any atom is 0.0219 e. The fourth-order valence-electron chi connectivity index (χ4n) is 2.42. The van der Waals surface area contributed by atoms with Crippen molar-refractivity contribution in [1.82, 2.24) is 4.90 Å². The van der Waals surface area contributed by atoms with Crippen molar-refractivity contribution in [2.75, 3.05) is 13.6 Å². The van der Waals surface area contributed by atoms with Crippen molar-refractivity contribution in [3.63, 3.8) is 0 Å². The highest BCUT2D eigenvalue weighted by Gasteiger charge is 2.33. The summed E-state index contributed by atoms with van der Waals surface area (Å²) in [6.07, 6.45) is 3.86. The molecule has 0 N–H and O–H groups in total. The molecule has 14 heavy (non-hydrogen) atoms. The van der Waals surface area contributed by atoms with E-state index < -0.39 is 0 Å². The van der Waals surface area contributed by atoms with Crippen molar-refractivity contribution < 1.29 is 0 Å². The van der Waals surface area contributed by atoms with Gasteiger partial charge in [-0.25, -0.2) is 0 Å². The Hall–Kier alpha value is -0.820. The zero-order chi connectivity index (χ0) is 10.0. The lowest BCUT2D eigenvalue weighted by Gasteiger charge is -2.32. The summed E-state index contributed by atoms with van der Waals surface area (Å²) in [6, 6.07) is 10.8. The van der Waals surface area contributed by atoms with Gasteiger partial charge in [0.05, 0.1) is 0 Å². The maximum absolute atomic E-state index is 2.50. The average Bonchev–Trinajstić information content (AvgIpc) is 2.48. The highest BCUT2D eigenvalue weighted by molar-refractivity contribution is 5.18. The van der Waals surface area contributed by atoms with Gasteiger partial charge in [-0.15, -0.1) is 0 Å². The normalized spacial score (nSPS) is 28.1. The van der Waals surface area contributed by atoms with Crippen molar-refractivity contribution >= 4 is 0 Å². The molecular formula is C13H19N. The SMILES string of the molecule is CN1CCCC1(C)Cc1ccccc1. The monoisotopic (exact) mass is 189 g/mol. The molecule has 2 rings (SSSR count). The van der Waals surface area contributed by atoms with Gasteiger partial charge in [0.25, 0.3) is 0 Å². The zero-order valence-corrected chi connectivity index (χ0v) is 9.16. The average molecular weight is 189 g/mol. The highest BCUT2D eigenvalue weighted by atomic mass is 15.2. The van der Waals surface area contributed by atoms with E-state index in [9.17, 15) is 0 Å². The van der Waals surface area contributed by atoms with Crippen LogP contribution in [0.5, 0.6) is 0 Å². The first-order valence-corrected chi connectivity index (χ1v) is 5.46. The quantitative estimate of drug-likeness (QED) is 0.691. The van der Waals surface area contributed by atoms with Crippen molar-refractivity contribution in [1.29, 1.82) is 0 Å². The molecule has 1 fully saturated rings. The van der Waals surface area contributed by atoms with E-state index in [0.29, 0.717) is 5.54 Å². The molecule has 0 aliphatic carbocycles. The van der Waals surface area contributed by atoms with Gasteiger partial charge in [0.2, 0.25) is 0 Å². The van der Waals surface area contributed by atoms with Gasteiger partial charge in [-0.05, 0) is 45.3 Å². The lowest BCUT2D eigenvalue weighted by atomic mass is 9.90. The second-order valence-electron chi connectivity index (χ2n) is 4.68. The molecule has 0 amide bonds. The molecule has 1 heteroatoms. The smallest absolute Gasteiger partial charge is 0.0219 e. The summed E-state index contributed by atoms with van der Waals surface area (Å²) in [4.78, 5) is 2.50. The fourth-order valence-corrected chi connectivity index (χ4v) is 2.42. The van der Waals surface area contributed by atoms with Gasteiger partial charge in [-0.1, -0.05) is 30.3 Å². The molecule has 1 nitrogen and oxygen atoms in total. The molecule has 0 radical (unpaired) electrons. The summed E-state index contributed by atoms with van der Waals surface area (Å²) in [5, 5.41) is 0. The Morgan fingerprint density at radius 1 is 1.29 bits per heavy atom. The van der Waals surface area contributed by atoms with Gasteiger partial charge in [-0.3, -0.25) is 0 Å².